The van der Waals surface area contributed by atoms with Crippen molar-refractivity contribution in [3.8, 4) is 0 Å². The van der Waals surface area contributed by atoms with E-state index in [0.29, 0.717) is 10.5 Å². The lowest BCUT2D eigenvalue weighted by Gasteiger charge is -1.92. The minimum absolute atomic E-state index is 0.226. The molecule has 0 radical (unpaired) electrons. The minimum Gasteiger partial charge on any atom is -0.375 e. The van der Waals surface area contributed by atoms with Gasteiger partial charge in [0.15, 0.2) is 10.8 Å². The molecule has 0 saturated heterocycles. The number of aromatic nitrogens is 3. The van der Waals surface area contributed by atoms with Crippen molar-refractivity contribution in [3.63, 3.8) is 0 Å². The van der Waals surface area contributed by atoms with Gasteiger partial charge in [0, 0.05) is 0 Å². The Kier molecular flexibility index (Phi) is 6.08. The molecule has 5 N–H and O–H groups in total. The van der Waals surface area contributed by atoms with Crippen molar-refractivity contribution in [1.82, 2.24) is 15.2 Å². The summed E-state index contributed by atoms with van der Waals surface area (Å²) in [7, 11) is 0. The van der Waals surface area contributed by atoms with Gasteiger partial charge >= 0.3 is 0 Å². The fourth-order valence-electron chi connectivity index (χ4n) is 2.34. The number of rotatable bonds is 4. The quantitative estimate of drug-likeness (QED) is 0.615. The molecule has 25 heavy (non-hydrogen) atoms. The standard InChI is InChI=1S/C9H7N5OS.C9H14/c10-8(15)6-5-3(13-14-6)1-2-4-7(5)16-9(11)12-4;1-4-7-9(6-3)8-5-2/h1-2H,(H2,10,15)(H2,11,12)(H,13,14);4-5,7-8H,1,6H2,2-3H3/b;8-5-,9-7-. The number of benzene rings is 1. The molecule has 0 aliphatic rings. The average Bonchev–Trinajstić information content (AvgIpc) is 3.17. The van der Waals surface area contributed by atoms with Gasteiger partial charge in [-0.2, -0.15) is 5.10 Å². The van der Waals surface area contributed by atoms with E-state index in [0.717, 1.165) is 22.2 Å². The maximum atomic E-state index is 11.2. The summed E-state index contributed by atoms with van der Waals surface area (Å²) in [6.07, 6.45) is 9.07. The number of amides is 1. The number of H-pyrrole nitrogens is 1. The van der Waals surface area contributed by atoms with E-state index in [2.05, 4.69) is 34.8 Å². The van der Waals surface area contributed by atoms with Gasteiger partial charge in [-0.1, -0.05) is 49.1 Å². The van der Waals surface area contributed by atoms with E-state index in [9.17, 15) is 4.79 Å². The number of carbonyl (C=O) groups excluding carboxylic acids is 1. The number of anilines is 1. The zero-order valence-corrected chi connectivity index (χ0v) is 15.1. The Hall–Kier alpha value is -2.93. The van der Waals surface area contributed by atoms with Gasteiger partial charge in [-0.05, 0) is 31.1 Å². The summed E-state index contributed by atoms with van der Waals surface area (Å²) in [5.74, 6) is -0.564. The Morgan fingerprint density at radius 3 is 2.80 bits per heavy atom. The van der Waals surface area contributed by atoms with E-state index in [-0.39, 0.29) is 5.69 Å². The zero-order chi connectivity index (χ0) is 18.4. The molecule has 1 amide bonds. The van der Waals surface area contributed by atoms with Crippen molar-refractivity contribution in [1.29, 1.82) is 0 Å². The van der Waals surface area contributed by atoms with Crippen LogP contribution in [0.4, 0.5) is 5.13 Å². The Morgan fingerprint density at radius 2 is 2.20 bits per heavy atom. The third kappa shape index (κ3) is 4.13. The summed E-state index contributed by atoms with van der Waals surface area (Å²) < 4.78 is 0.831. The van der Waals surface area contributed by atoms with Crippen molar-refractivity contribution in [2.45, 2.75) is 20.3 Å². The van der Waals surface area contributed by atoms with Crippen molar-refractivity contribution in [3.05, 3.63) is 54.3 Å². The van der Waals surface area contributed by atoms with E-state index in [4.69, 9.17) is 11.5 Å². The molecule has 0 unspecified atom stereocenters. The number of thiazole rings is 1. The van der Waals surface area contributed by atoms with Crippen LogP contribution in [0.25, 0.3) is 21.1 Å². The second kappa shape index (κ2) is 8.25. The number of nitrogens with zero attached hydrogens (tertiary/aromatic N) is 2. The second-order valence-electron chi connectivity index (χ2n) is 5.16. The lowest BCUT2D eigenvalue weighted by atomic mass is 10.2. The zero-order valence-electron chi connectivity index (χ0n) is 14.2. The Balaban J connectivity index is 0.000000217. The molecule has 0 bridgehead atoms. The molecule has 2 aromatic heterocycles. The number of allylic oxidation sites excluding steroid dienone is 5. The van der Waals surface area contributed by atoms with Crippen LogP contribution >= 0.6 is 11.3 Å². The van der Waals surface area contributed by atoms with Crippen LogP contribution in [0.2, 0.25) is 0 Å². The Bertz CT molecular complexity index is 965. The van der Waals surface area contributed by atoms with Crippen LogP contribution in [0.1, 0.15) is 30.8 Å². The summed E-state index contributed by atoms with van der Waals surface area (Å²) >= 11 is 1.32. The highest BCUT2D eigenvalue weighted by molar-refractivity contribution is 7.23. The highest BCUT2D eigenvalue weighted by Crippen LogP contribution is 2.32. The third-order valence-corrected chi connectivity index (χ3v) is 4.37. The summed E-state index contributed by atoms with van der Waals surface area (Å²) in [5.41, 5.74) is 13.9. The van der Waals surface area contributed by atoms with E-state index in [1.807, 2.05) is 31.2 Å². The minimum atomic E-state index is -0.564. The number of nitrogens with one attached hydrogen (secondary N) is 1. The number of hydrogen-bond acceptors (Lipinski definition) is 5. The summed E-state index contributed by atoms with van der Waals surface area (Å²) in [5, 5.41) is 7.80. The van der Waals surface area contributed by atoms with Gasteiger partial charge < -0.3 is 11.5 Å². The number of aromatic amines is 1. The fraction of sp³-hybridized carbons (Fsp3) is 0.167. The molecule has 1 aromatic carbocycles. The molecule has 2 heterocycles. The molecule has 3 rings (SSSR count). The maximum absolute atomic E-state index is 11.2. The Morgan fingerprint density at radius 1 is 1.44 bits per heavy atom. The van der Waals surface area contributed by atoms with Gasteiger partial charge in [0.25, 0.3) is 5.91 Å². The lowest BCUT2D eigenvalue weighted by Crippen LogP contribution is -2.11. The summed E-state index contributed by atoms with van der Waals surface area (Å²) in [6.45, 7) is 7.78. The van der Waals surface area contributed by atoms with Crippen molar-refractivity contribution >= 4 is 43.5 Å². The molecule has 0 fully saturated rings. The van der Waals surface area contributed by atoms with Crippen molar-refractivity contribution < 1.29 is 4.79 Å². The van der Waals surface area contributed by atoms with Gasteiger partial charge in [-0.3, -0.25) is 9.89 Å². The van der Waals surface area contributed by atoms with Gasteiger partial charge in [-0.15, -0.1) is 0 Å². The smallest absolute Gasteiger partial charge is 0.269 e. The first kappa shape index (κ1) is 18.4. The van der Waals surface area contributed by atoms with Gasteiger partial charge in [0.2, 0.25) is 0 Å². The van der Waals surface area contributed by atoms with E-state index in [1.54, 1.807) is 6.07 Å². The third-order valence-electron chi connectivity index (χ3n) is 3.45. The molecule has 6 nitrogen and oxygen atoms in total. The van der Waals surface area contributed by atoms with Crippen LogP contribution in [0, 0.1) is 0 Å². The fourth-order valence-corrected chi connectivity index (χ4v) is 3.22. The van der Waals surface area contributed by atoms with Gasteiger partial charge in [0.05, 0.1) is 21.1 Å². The van der Waals surface area contributed by atoms with Crippen LogP contribution in [0.15, 0.2) is 48.6 Å². The van der Waals surface area contributed by atoms with Crippen LogP contribution in [-0.4, -0.2) is 21.1 Å². The van der Waals surface area contributed by atoms with Gasteiger partial charge in [-0.25, -0.2) is 4.98 Å². The molecule has 0 spiro atoms. The lowest BCUT2D eigenvalue weighted by molar-refractivity contribution is 0.0997. The first-order valence-corrected chi connectivity index (χ1v) is 8.60. The predicted octanol–water partition coefficient (Wildman–Crippen LogP) is 3.94. The summed E-state index contributed by atoms with van der Waals surface area (Å²) in [4.78, 5) is 15.4. The number of hydrogen-bond donors (Lipinski definition) is 3. The summed E-state index contributed by atoms with van der Waals surface area (Å²) in [6, 6.07) is 3.63. The largest absolute Gasteiger partial charge is 0.375 e. The first-order chi connectivity index (χ1) is 12.0. The number of primary amides is 1. The predicted molar refractivity (Wildman–Crippen MR) is 106 cm³/mol. The normalized spacial score (nSPS) is 11.7. The highest BCUT2D eigenvalue weighted by Gasteiger charge is 2.15. The average molecular weight is 355 g/mol. The molecule has 130 valence electrons. The van der Waals surface area contributed by atoms with E-state index < -0.39 is 5.91 Å². The molecular weight excluding hydrogens is 334 g/mol. The van der Waals surface area contributed by atoms with Crippen molar-refractivity contribution in [2.75, 3.05) is 5.73 Å². The monoisotopic (exact) mass is 355 g/mol. The highest BCUT2D eigenvalue weighted by atomic mass is 32.1. The molecule has 3 aromatic rings. The molecule has 0 saturated carbocycles. The molecular formula is C18H21N5OS. The number of carbonyl (C=O) groups is 1. The SMILES string of the molecule is C=C/C=C(\C=C/C)CC.NC(=O)c1n[nH]c2ccc3nc(N)sc3c12. The topological polar surface area (TPSA) is 111 Å². The molecule has 7 heteroatoms. The van der Waals surface area contributed by atoms with Gasteiger partial charge in [0.1, 0.15) is 0 Å². The Labute approximate surface area is 149 Å². The van der Waals surface area contributed by atoms with Crippen LogP contribution < -0.4 is 11.5 Å². The second-order valence-corrected chi connectivity index (χ2v) is 6.19. The number of nitrogens with two attached hydrogens (primary N) is 2. The first-order valence-electron chi connectivity index (χ1n) is 7.79. The van der Waals surface area contributed by atoms with Crippen LogP contribution in [0.5, 0.6) is 0 Å². The molecule has 0 aliphatic carbocycles. The van der Waals surface area contributed by atoms with Crippen molar-refractivity contribution in [2.24, 2.45) is 5.73 Å². The number of fused-ring (bicyclic) bond motifs is 3. The maximum Gasteiger partial charge on any atom is 0.269 e. The van der Waals surface area contributed by atoms with E-state index >= 15 is 0 Å². The van der Waals surface area contributed by atoms with Crippen LogP contribution in [0.3, 0.4) is 0 Å². The molecule has 0 aliphatic heterocycles. The number of nitrogen functional groups attached to an aromatic ring is 1. The molecule has 0 atom stereocenters. The van der Waals surface area contributed by atoms with Crippen LogP contribution in [-0.2, 0) is 0 Å². The van der Waals surface area contributed by atoms with E-state index in [1.165, 1.54) is 16.9 Å².